The summed E-state index contributed by atoms with van der Waals surface area (Å²) in [7, 11) is 1.61. The fourth-order valence-electron chi connectivity index (χ4n) is 3.00. The molecule has 25 heavy (non-hydrogen) atoms. The van der Waals surface area contributed by atoms with E-state index in [4.69, 9.17) is 0 Å². The zero-order valence-electron chi connectivity index (χ0n) is 15.3. The average Bonchev–Trinajstić information content (AvgIpc) is 3.13. The molecule has 0 radical (unpaired) electrons. The van der Waals surface area contributed by atoms with Gasteiger partial charge in [0.05, 0.1) is 5.69 Å². The van der Waals surface area contributed by atoms with Crippen molar-refractivity contribution in [2.45, 2.75) is 47.1 Å². The summed E-state index contributed by atoms with van der Waals surface area (Å²) in [6.45, 7) is 8.88. The monoisotopic (exact) mass is 344 g/mol. The number of aryl methyl sites for hydroxylation is 3. The molecule has 3 aromatic rings. The van der Waals surface area contributed by atoms with Gasteiger partial charge in [0.25, 0.3) is 5.56 Å². The van der Waals surface area contributed by atoms with Crippen LogP contribution >= 0.6 is 0 Å². The van der Waals surface area contributed by atoms with Crippen LogP contribution in [-0.2, 0) is 26.4 Å². The molecule has 8 heteroatoms. The molecule has 0 saturated heterocycles. The lowest BCUT2D eigenvalue weighted by atomic mass is 10.2. The number of rotatable bonds is 5. The molecule has 0 unspecified atom stereocenters. The van der Waals surface area contributed by atoms with E-state index in [1.165, 1.54) is 4.57 Å². The molecular weight excluding hydrogens is 320 g/mol. The van der Waals surface area contributed by atoms with Gasteiger partial charge in [-0.05, 0) is 24.8 Å². The number of aromatic amines is 1. The van der Waals surface area contributed by atoms with Crippen molar-refractivity contribution in [3.8, 4) is 5.95 Å². The third-order valence-electron chi connectivity index (χ3n) is 4.28. The Morgan fingerprint density at radius 2 is 1.92 bits per heavy atom. The predicted octanol–water partition coefficient (Wildman–Crippen LogP) is 1.39. The number of fused-ring (bicyclic) bond motifs is 1. The van der Waals surface area contributed by atoms with E-state index in [9.17, 15) is 9.59 Å². The minimum atomic E-state index is -0.469. The van der Waals surface area contributed by atoms with Crippen LogP contribution in [0.5, 0.6) is 0 Å². The normalized spacial score (nSPS) is 11.8. The van der Waals surface area contributed by atoms with Gasteiger partial charge < -0.3 is 4.57 Å². The lowest BCUT2D eigenvalue weighted by Gasteiger charge is -2.12. The second kappa shape index (κ2) is 6.34. The second-order valence-corrected chi connectivity index (χ2v) is 6.65. The van der Waals surface area contributed by atoms with Crippen LogP contribution in [0.2, 0.25) is 0 Å². The molecule has 3 rings (SSSR count). The molecule has 0 aliphatic rings. The summed E-state index contributed by atoms with van der Waals surface area (Å²) in [5.74, 6) is 0.881. The molecule has 0 spiro atoms. The van der Waals surface area contributed by atoms with Crippen molar-refractivity contribution in [3.05, 3.63) is 38.3 Å². The zero-order chi connectivity index (χ0) is 18.3. The van der Waals surface area contributed by atoms with Gasteiger partial charge in [0.1, 0.15) is 0 Å². The Hall–Kier alpha value is -2.64. The molecule has 0 saturated carbocycles. The SMILES string of the molecule is CCc1cc(CC)n(-c2nc3c(c(=O)[nH]c(=O)n3C)n2CC(C)C)n1. The fraction of sp³-hybridized carbons (Fsp3) is 0.529. The first-order chi connectivity index (χ1) is 11.9. The number of nitrogens with zero attached hydrogens (tertiary/aromatic N) is 5. The Balaban J connectivity index is 2.40. The highest BCUT2D eigenvalue weighted by Crippen LogP contribution is 2.19. The van der Waals surface area contributed by atoms with Gasteiger partial charge in [-0.25, -0.2) is 9.48 Å². The first-order valence-electron chi connectivity index (χ1n) is 8.65. The van der Waals surface area contributed by atoms with Crippen molar-refractivity contribution in [1.29, 1.82) is 0 Å². The van der Waals surface area contributed by atoms with E-state index in [1.807, 2.05) is 4.57 Å². The molecule has 3 aromatic heterocycles. The number of H-pyrrole nitrogens is 1. The summed E-state index contributed by atoms with van der Waals surface area (Å²) in [6.07, 6.45) is 1.62. The van der Waals surface area contributed by atoms with E-state index in [-0.39, 0.29) is 0 Å². The molecule has 0 atom stereocenters. The van der Waals surface area contributed by atoms with Gasteiger partial charge in [-0.3, -0.25) is 14.3 Å². The lowest BCUT2D eigenvalue weighted by molar-refractivity contribution is 0.517. The van der Waals surface area contributed by atoms with E-state index in [0.717, 1.165) is 24.2 Å². The van der Waals surface area contributed by atoms with Gasteiger partial charge in [-0.1, -0.05) is 27.7 Å². The third kappa shape index (κ3) is 2.81. The summed E-state index contributed by atoms with van der Waals surface area (Å²) >= 11 is 0. The highest BCUT2D eigenvalue weighted by atomic mass is 16.2. The number of nitrogens with one attached hydrogen (secondary N) is 1. The van der Waals surface area contributed by atoms with Crippen LogP contribution in [0.3, 0.4) is 0 Å². The van der Waals surface area contributed by atoms with Crippen molar-refractivity contribution in [3.63, 3.8) is 0 Å². The minimum Gasteiger partial charge on any atom is -0.302 e. The summed E-state index contributed by atoms with van der Waals surface area (Å²) < 4.78 is 5.03. The van der Waals surface area contributed by atoms with Crippen LogP contribution in [0, 0.1) is 5.92 Å². The highest BCUT2D eigenvalue weighted by molar-refractivity contribution is 5.72. The van der Waals surface area contributed by atoms with Crippen LogP contribution in [-0.4, -0.2) is 28.9 Å². The number of hydrogen-bond donors (Lipinski definition) is 1. The number of imidazole rings is 1. The van der Waals surface area contributed by atoms with Crippen LogP contribution in [0.25, 0.3) is 17.1 Å². The molecule has 3 heterocycles. The summed E-state index contributed by atoms with van der Waals surface area (Å²) in [5, 5.41) is 4.65. The van der Waals surface area contributed by atoms with Crippen molar-refractivity contribution >= 4 is 11.2 Å². The summed E-state index contributed by atoms with van der Waals surface area (Å²) in [5.41, 5.74) is 1.89. The smallest absolute Gasteiger partial charge is 0.302 e. The van der Waals surface area contributed by atoms with E-state index < -0.39 is 11.2 Å². The third-order valence-corrected chi connectivity index (χ3v) is 4.28. The van der Waals surface area contributed by atoms with Crippen molar-refractivity contribution < 1.29 is 0 Å². The van der Waals surface area contributed by atoms with Gasteiger partial charge in [0, 0.05) is 19.3 Å². The van der Waals surface area contributed by atoms with E-state index in [1.54, 1.807) is 11.7 Å². The summed E-state index contributed by atoms with van der Waals surface area (Å²) in [6, 6.07) is 2.06. The van der Waals surface area contributed by atoms with Crippen molar-refractivity contribution in [1.82, 2.24) is 28.9 Å². The van der Waals surface area contributed by atoms with Crippen LogP contribution in [0.15, 0.2) is 15.7 Å². The summed E-state index contributed by atoms with van der Waals surface area (Å²) in [4.78, 5) is 31.4. The number of aromatic nitrogens is 6. The first-order valence-corrected chi connectivity index (χ1v) is 8.65. The van der Waals surface area contributed by atoms with Crippen LogP contribution in [0.4, 0.5) is 0 Å². The second-order valence-electron chi connectivity index (χ2n) is 6.65. The Morgan fingerprint density at radius 1 is 1.20 bits per heavy atom. The predicted molar refractivity (Wildman–Crippen MR) is 96.3 cm³/mol. The molecule has 8 nitrogen and oxygen atoms in total. The molecule has 0 bridgehead atoms. The molecule has 1 N–H and O–H groups in total. The Bertz CT molecular complexity index is 1030. The van der Waals surface area contributed by atoms with E-state index in [2.05, 4.69) is 48.8 Å². The van der Waals surface area contributed by atoms with Gasteiger partial charge in [-0.2, -0.15) is 10.1 Å². The van der Waals surface area contributed by atoms with Crippen molar-refractivity contribution in [2.75, 3.05) is 0 Å². The molecule has 0 amide bonds. The molecule has 0 aliphatic heterocycles. The topological polar surface area (TPSA) is 90.5 Å². The largest absolute Gasteiger partial charge is 0.329 e. The fourth-order valence-corrected chi connectivity index (χ4v) is 3.00. The van der Waals surface area contributed by atoms with Crippen LogP contribution < -0.4 is 11.2 Å². The first kappa shape index (κ1) is 17.2. The Kier molecular flexibility index (Phi) is 4.36. The lowest BCUT2D eigenvalue weighted by Crippen LogP contribution is -2.29. The van der Waals surface area contributed by atoms with Crippen molar-refractivity contribution in [2.24, 2.45) is 13.0 Å². The highest BCUT2D eigenvalue weighted by Gasteiger charge is 2.21. The number of hydrogen-bond acceptors (Lipinski definition) is 4. The average molecular weight is 344 g/mol. The molecule has 0 aromatic carbocycles. The van der Waals surface area contributed by atoms with Crippen LogP contribution in [0.1, 0.15) is 39.1 Å². The van der Waals surface area contributed by atoms with Gasteiger partial charge in [0.15, 0.2) is 11.2 Å². The Labute approximate surface area is 145 Å². The van der Waals surface area contributed by atoms with E-state index >= 15 is 0 Å². The quantitative estimate of drug-likeness (QED) is 0.757. The maximum absolute atomic E-state index is 12.5. The zero-order valence-corrected chi connectivity index (χ0v) is 15.3. The molecule has 0 aliphatic carbocycles. The minimum absolute atomic E-state index is 0.305. The maximum Gasteiger partial charge on any atom is 0.329 e. The molecule has 0 fully saturated rings. The standard InChI is InChI=1S/C17H24N6O2/c1-6-11-8-12(7-2)23(20-11)16-18-14-13(22(16)9-10(3)4)15(24)19-17(25)21(14)5/h8,10H,6-7,9H2,1-5H3,(H,19,24,25). The molecule has 134 valence electrons. The van der Waals surface area contributed by atoms with Gasteiger partial charge in [0.2, 0.25) is 5.95 Å². The Morgan fingerprint density at radius 3 is 2.52 bits per heavy atom. The maximum atomic E-state index is 12.5. The van der Waals surface area contributed by atoms with Gasteiger partial charge >= 0.3 is 5.69 Å². The van der Waals surface area contributed by atoms with Gasteiger partial charge in [-0.15, -0.1) is 0 Å². The van der Waals surface area contributed by atoms with E-state index in [0.29, 0.717) is 29.6 Å². The molecular formula is C17H24N6O2.